The molecule has 0 aliphatic carbocycles. The van der Waals surface area contributed by atoms with E-state index in [9.17, 15) is 20.2 Å². The van der Waals surface area contributed by atoms with Gasteiger partial charge in [0.2, 0.25) is 0 Å². The third-order valence-electron chi connectivity index (χ3n) is 1.44. The summed E-state index contributed by atoms with van der Waals surface area (Å²) in [4.78, 5) is 21.0. The van der Waals surface area contributed by atoms with E-state index in [1.165, 1.54) is 24.3 Å². The van der Waals surface area contributed by atoms with Gasteiger partial charge in [0.1, 0.15) is 4.90 Å². The van der Waals surface area contributed by atoms with E-state index in [1.54, 1.807) is 6.07 Å². The van der Waals surface area contributed by atoms with Crippen molar-refractivity contribution in [1.82, 2.24) is 0 Å². The predicted octanol–water partition coefficient (Wildman–Crippen LogP) is 2.39. The minimum atomic E-state index is -3.73. The van der Waals surface area contributed by atoms with Crippen LogP contribution in [0.25, 0.3) is 0 Å². The molecule has 0 spiro atoms. The first-order chi connectivity index (χ1) is 6.49. The third-order valence-corrected chi connectivity index (χ3v) is 4.31. The quantitative estimate of drug-likeness (QED) is 0.596. The van der Waals surface area contributed by atoms with Crippen LogP contribution in [0.4, 0.5) is 0 Å². The Bertz CT molecular complexity index is 357. The van der Waals surface area contributed by atoms with E-state index in [4.69, 9.17) is 10.7 Å². The van der Waals surface area contributed by atoms with Crippen LogP contribution in [0.2, 0.25) is 0 Å². The molecule has 0 unspecified atom stereocenters. The molecule has 0 saturated heterocycles. The number of nitro groups is 2. The van der Waals surface area contributed by atoms with Crippen molar-refractivity contribution in [2.45, 2.75) is 4.90 Å². The first-order valence-electron chi connectivity index (χ1n) is 3.36. The van der Waals surface area contributed by atoms with Gasteiger partial charge in [-0.2, -0.15) is 0 Å². The Labute approximate surface area is 84.9 Å². The molecule has 0 N–H and O–H groups in total. The standard InChI is InChI=1S/C6H5ClN2O4S/c7-14(8(10)11,9(12)13)6-4-2-1-3-5-6/h1-5H. The van der Waals surface area contributed by atoms with Crippen molar-refractivity contribution < 1.29 is 8.66 Å². The van der Waals surface area contributed by atoms with E-state index in [0.717, 1.165) is 0 Å². The van der Waals surface area contributed by atoms with Gasteiger partial charge in [-0.3, -0.25) is 0 Å². The van der Waals surface area contributed by atoms with Gasteiger partial charge in [-0.1, -0.05) is 18.2 Å². The van der Waals surface area contributed by atoms with Gasteiger partial charge in [-0.05, 0) is 12.1 Å². The van der Waals surface area contributed by atoms with Crippen molar-refractivity contribution >= 4 is 20.3 Å². The minimum absolute atomic E-state index is 0.0864. The Hall–Kier alpha value is -1.34. The SMILES string of the molecule is O=[N+]([O-])S(Cl)(c1ccccc1)[N+](=O)[O-]. The van der Waals surface area contributed by atoms with Gasteiger partial charge < -0.3 is 0 Å². The second kappa shape index (κ2) is 3.81. The molecule has 0 aliphatic heterocycles. The van der Waals surface area contributed by atoms with Crippen LogP contribution in [0.15, 0.2) is 35.2 Å². The number of benzene rings is 1. The predicted molar refractivity (Wildman–Crippen MR) is 52.1 cm³/mol. The number of hydrogen-bond acceptors (Lipinski definition) is 4. The summed E-state index contributed by atoms with van der Waals surface area (Å²) >= 11 is 0. The van der Waals surface area contributed by atoms with Crippen LogP contribution in [0.3, 0.4) is 0 Å². The van der Waals surface area contributed by atoms with E-state index in [2.05, 4.69) is 0 Å². The zero-order valence-electron chi connectivity index (χ0n) is 6.70. The van der Waals surface area contributed by atoms with E-state index < -0.39 is 18.3 Å². The summed E-state index contributed by atoms with van der Waals surface area (Å²) in [5.41, 5.74) is 0. The Morgan fingerprint density at radius 1 is 1.07 bits per heavy atom. The van der Waals surface area contributed by atoms with E-state index in [1.807, 2.05) is 0 Å². The van der Waals surface area contributed by atoms with Gasteiger partial charge >= 0.3 is 9.61 Å². The van der Waals surface area contributed by atoms with Gasteiger partial charge in [-0.15, -0.1) is 0 Å². The Balaban J connectivity index is 3.27. The summed E-state index contributed by atoms with van der Waals surface area (Å²) < 4.78 is -2.10. The first-order valence-corrected chi connectivity index (χ1v) is 5.74. The smallest absolute Gasteiger partial charge is 0.246 e. The summed E-state index contributed by atoms with van der Waals surface area (Å²) in [7, 11) is 1.69. The minimum Gasteiger partial charge on any atom is -0.246 e. The molecular weight excluding hydrogens is 232 g/mol. The van der Waals surface area contributed by atoms with Crippen LogP contribution in [0.5, 0.6) is 0 Å². The van der Waals surface area contributed by atoms with E-state index >= 15 is 0 Å². The number of hydrogen-bond donors (Lipinski definition) is 0. The van der Waals surface area contributed by atoms with Crippen LogP contribution in [-0.4, -0.2) is 8.66 Å². The van der Waals surface area contributed by atoms with Crippen LogP contribution < -0.4 is 0 Å². The maximum absolute atomic E-state index is 10.5. The molecule has 1 rings (SSSR count). The summed E-state index contributed by atoms with van der Waals surface area (Å²) in [5.74, 6) is 0. The Kier molecular flexibility index (Phi) is 2.92. The molecule has 0 fully saturated rings. The highest BCUT2D eigenvalue weighted by Gasteiger charge is 2.50. The highest BCUT2D eigenvalue weighted by molar-refractivity contribution is 8.42. The summed E-state index contributed by atoms with van der Waals surface area (Å²) in [6.45, 7) is 0. The summed E-state index contributed by atoms with van der Waals surface area (Å²) in [6, 6.07) is 7.07. The van der Waals surface area contributed by atoms with Gasteiger partial charge in [-0.25, -0.2) is 20.2 Å². The lowest BCUT2D eigenvalue weighted by molar-refractivity contribution is -0.404. The first kappa shape index (κ1) is 10.7. The van der Waals surface area contributed by atoms with Crippen molar-refractivity contribution in [2.24, 2.45) is 0 Å². The molecule has 1 aromatic carbocycles. The number of nitrogens with zero attached hydrogens (tertiary/aromatic N) is 2. The van der Waals surface area contributed by atoms with Crippen LogP contribution in [-0.2, 0) is 0 Å². The molecule has 6 nitrogen and oxygen atoms in total. The molecule has 14 heavy (non-hydrogen) atoms. The van der Waals surface area contributed by atoms with Crippen molar-refractivity contribution in [3.8, 4) is 0 Å². The summed E-state index contributed by atoms with van der Waals surface area (Å²) in [6.07, 6.45) is 0. The molecule has 0 amide bonds. The van der Waals surface area contributed by atoms with Crippen LogP contribution >= 0.6 is 20.3 Å². The normalized spacial score (nSPS) is 12.1. The van der Waals surface area contributed by atoms with Crippen molar-refractivity contribution in [3.63, 3.8) is 0 Å². The molecule has 0 aromatic heterocycles. The van der Waals surface area contributed by atoms with E-state index in [0.29, 0.717) is 0 Å². The van der Waals surface area contributed by atoms with Crippen molar-refractivity contribution in [1.29, 1.82) is 0 Å². The maximum atomic E-state index is 10.5. The molecule has 1 aromatic rings. The average molecular weight is 237 g/mol. The molecule has 0 bridgehead atoms. The maximum Gasteiger partial charge on any atom is 0.395 e. The second-order valence-electron chi connectivity index (χ2n) is 2.24. The second-order valence-corrected chi connectivity index (χ2v) is 5.56. The molecule has 0 heterocycles. The third kappa shape index (κ3) is 1.64. The number of halogens is 1. The number of rotatable bonds is 3. The molecule has 8 heteroatoms. The Morgan fingerprint density at radius 2 is 1.50 bits per heavy atom. The lowest BCUT2D eigenvalue weighted by atomic mass is 10.4. The zero-order valence-corrected chi connectivity index (χ0v) is 8.27. The van der Waals surface area contributed by atoms with Crippen molar-refractivity contribution in [2.75, 3.05) is 0 Å². The largest absolute Gasteiger partial charge is 0.395 e. The fraction of sp³-hybridized carbons (Fsp3) is 0. The van der Waals surface area contributed by atoms with Gasteiger partial charge in [0, 0.05) is 0 Å². The molecule has 0 radical (unpaired) electrons. The molecule has 0 aliphatic rings. The molecular formula is C6H5ClN2O4S. The topological polar surface area (TPSA) is 86.3 Å². The fourth-order valence-corrected chi connectivity index (χ4v) is 2.09. The summed E-state index contributed by atoms with van der Waals surface area (Å²) in [5, 5.41) is 21.1. The highest BCUT2D eigenvalue weighted by atomic mass is 35.7. The van der Waals surface area contributed by atoms with Crippen molar-refractivity contribution in [3.05, 3.63) is 50.6 Å². The van der Waals surface area contributed by atoms with Crippen LogP contribution in [0.1, 0.15) is 0 Å². The van der Waals surface area contributed by atoms with Crippen LogP contribution in [0, 0.1) is 20.2 Å². The fourth-order valence-electron chi connectivity index (χ4n) is 0.820. The Morgan fingerprint density at radius 3 is 1.86 bits per heavy atom. The van der Waals surface area contributed by atoms with Gasteiger partial charge in [0.25, 0.3) is 0 Å². The highest BCUT2D eigenvalue weighted by Crippen LogP contribution is 2.60. The average Bonchev–Trinajstić information content (AvgIpc) is 2.17. The monoisotopic (exact) mass is 236 g/mol. The molecule has 0 atom stereocenters. The lowest BCUT2D eigenvalue weighted by Crippen LogP contribution is -2.13. The van der Waals surface area contributed by atoms with Gasteiger partial charge in [0.15, 0.2) is 8.66 Å². The molecule has 0 saturated carbocycles. The van der Waals surface area contributed by atoms with E-state index in [-0.39, 0.29) is 4.90 Å². The lowest BCUT2D eigenvalue weighted by Gasteiger charge is -2.12. The zero-order chi connectivity index (χ0) is 10.8. The van der Waals surface area contributed by atoms with Gasteiger partial charge in [0.05, 0.1) is 10.7 Å². The molecule has 76 valence electrons.